The van der Waals surface area contributed by atoms with Gasteiger partial charge in [0.1, 0.15) is 5.54 Å². The van der Waals surface area contributed by atoms with Crippen LogP contribution in [0.2, 0.25) is 0 Å². The maximum atomic E-state index is 12.3. The fraction of sp³-hybridized carbons (Fsp3) is 0.500. The fourth-order valence-electron chi connectivity index (χ4n) is 2.63. The molecule has 20 heavy (non-hydrogen) atoms. The van der Waals surface area contributed by atoms with Crippen molar-refractivity contribution in [3.8, 4) is 6.07 Å². The monoisotopic (exact) mass is 334 g/mol. The molecule has 1 aliphatic carbocycles. The molecule has 2 rings (SSSR count). The Morgan fingerprint density at radius 1 is 1.20 bits per heavy atom. The molecule has 0 aliphatic heterocycles. The Morgan fingerprint density at radius 2 is 1.80 bits per heavy atom. The maximum absolute atomic E-state index is 12.3. The minimum absolute atomic E-state index is 0.144. The summed E-state index contributed by atoms with van der Waals surface area (Å²) < 4.78 is 0. The van der Waals surface area contributed by atoms with Gasteiger partial charge in [-0.1, -0.05) is 53.7 Å². The predicted molar refractivity (Wildman–Crippen MR) is 82.6 cm³/mol. The van der Waals surface area contributed by atoms with Gasteiger partial charge in [-0.15, -0.1) is 0 Å². The number of amides is 1. The topological polar surface area (TPSA) is 52.9 Å². The standard InChI is InChI=1S/C16H19BrN2O/c17-11-13-5-7-14(8-6-13)15(20)19-16(12-18)9-3-1-2-4-10-16/h5-8H,1-4,9-11H2,(H,19,20). The van der Waals surface area contributed by atoms with E-state index in [9.17, 15) is 10.1 Å². The van der Waals surface area contributed by atoms with Gasteiger partial charge >= 0.3 is 0 Å². The molecule has 0 spiro atoms. The largest absolute Gasteiger partial charge is 0.334 e. The average molecular weight is 335 g/mol. The number of carbonyl (C=O) groups is 1. The molecular formula is C16H19BrN2O. The van der Waals surface area contributed by atoms with Crippen LogP contribution in [0, 0.1) is 11.3 Å². The van der Waals surface area contributed by atoms with Gasteiger partial charge in [0.2, 0.25) is 0 Å². The third-order valence-corrected chi connectivity index (χ3v) is 4.54. The van der Waals surface area contributed by atoms with E-state index in [1.165, 1.54) is 0 Å². The third kappa shape index (κ3) is 3.61. The van der Waals surface area contributed by atoms with E-state index in [4.69, 9.17) is 0 Å². The Morgan fingerprint density at radius 3 is 2.30 bits per heavy atom. The van der Waals surface area contributed by atoms with Crippen LogP contribution in [0.15, 0.2) is 24.3 Å². The van der Waals surface area contributed by atoms with Crippen LogP contribution < -0.4 is 5.32 Å². The summed E-state index contributed by atoms with van der Waals surface area (Å²) in [7, 11) is 0. The SMILES string of the molecule is N#CC1(NC(=O)c2ccc(CBr)cc2)CCCCCC1. The van der Waals surface area contributed by atoms with E-state index in [1.807, 2.05) is 24.3 Å². The van der Waals surface area contributed by atoms with Gasteiger partial charge in [0.15, 0.2) is 0 Å². The van der Waals surface area contributed by atoms with Crippen LogP contribution in [-0.4, -0.2) is 11.4 Å². The number of benzene rings is 1. The van der Waals surface area contributed by atoms with Crippen molar-refractivity contribution in [2.45, 2.75) is 49.4 Å². The van der Waals surface area contributed by atoms with Crippen molar-refractivity contribution in [1.29, 1.82) is 5.26 Å². The number of nitriles is 1. The van der Waals surface area contributed by atoms with Crippen molar-refractivity contribution in [1.82, 2.24) is 5.32 Å². The zero-order valence-electron chi connectivity index (χ0n) is 11.5. The molecular weight excluding hydrogens is 316 g/mol. The van der Waals surface area contributed by atoms with Crippen molar-refractivity contribution in [3.05, 3.63) is 35.4 Å². The Kier molecular flexibility index (Phi) is 5.19. The molecule has 0 atom stereocenters. The first kappa shape index (κ1) is 15.1. The molecule has 0 saturated heterocycles. The van der Waals surface area contributed by atoms with E-state index in [1.54, 1.807) is 0 Å². The predicted octanol–water partition coefficient (Wildman–Crippen LogP) is 3.93. The minimum atomic E-state index is -0.679. The smallest absolute Gasteiger partial charge is 0.252 e. The molecule has 0 radical (unpaired) electrons. The van der Waals surface area contributed by atoms with Crippen LogP contribution in [0.3, 0.4) is 0 Å². The zero-order valence-corrected chi connectivity index (χ0v) is 13.1. The molecule has 3 nitrogen and oxygen atoms in total. The van der Waals surface area contributed by atoms with E-state index in [-0.39, 0.29) is 5.91 Å². The van der Waals surface area contributed by atoms with Gasteiger partial charge in [-0.2, -0.15) is 5.26 Å². The average Bonchev–Trinajstić information content (AvgIpc) is 2.73. The first-order chi connectivity index (χ1) is 9.69. The number of hydrogen-bond donors (Lipinski definition) is 1. The number of nitrogens with zero attached hydrogens (tertiary/aromatic N) is 1. The summed E-state index contributed by atoms with van der Waals surface area (Å²) in [5.74, 6) is -0.144. The number of halogens is 1. The number of nitrogens with one attached hydrogen (secondary N) is 1. The second-order valence-corrected chi connectivity index (χ2v) is 5.95. The molecule has 0 aromatic heterocycles. The summed E-state index contributed by atoms with van der Waals surface area (Å²) in [5, 5.41) is 13.2. The normalized spacial score (nSPS) is 17.8. The Bertz CT molecular complexity index is 496. The molecule has 0 unspecified atom stereocenters. The fourth-order valence-corrected chi connectivity index (χ4v) is 3.01. The van der Waals surface area contributed by atoms with Crippen LogP contribution in [0.25, 0.3) is 0 Å². The quantitative estimate of drug-likeness (QED) is 0.672. The van der Waals surface area contributed by atoms with Crippen LogP contribution >= 0.6 is 15.9 Å². The highest BCUT2D eigenvalue weighted by Gasteiger charge is 2.32. The van der Waals surface area contributed by atoms with Crippen LogP contribution in [0.4, 0.5) is 0 Å². The minimum Gasteiger partial charge on any atom is -0.334 e. The number of hydrogen-bond acceptors (Lipinski definition) is 2. The van der Waals surface area contributed by atoms with Gasteiger partial charge < -0.3 is 5.32 Å². The Hall–Kier alpha value is -1.34. The summed E-state index contributed by atoms with van der Waals surface area (Å²) in [5.41, 5.74) is 1.07. The van der Waals surface area contributed by atoms with Crippen molar-refractivity contribution in [2.24, 2.45) is 0 Å². The molecule has 0 heterocycles. The van der Waals surface area contributed by atoms with Gasteiger partial charge in [-0.05, 0) is 30.5 Å². The summed E-state index contributed by atoms with van der Waals surface area (Å²) in [4.78, 5) is 12.3. The summed E-state index contributed by atoms with van der Waals surface area (Å²) in [6.07, 6.45) is 5.84. The lowest BCUT2D eigenvalue weighted by Gasteiger charge is -2.26. The van der Waals surface area contributed by atoms with Crippen molar-refractivity contribution >= 4 is 21.8 Å². The Balaban J connectivity index is 2.10. The van der Waals surface area contributed by atoms with Gasteiger partial charge in [-0.25, -0.2) is 0 Å². The first-order valence-corrected chi connectivity index (χ1v) is 8.20. The third-order valence-electron chi connectivity index (χ3n) is 3.89. The molecule has 4 heteroatoms. The molecule has 1 N–H and O–H groups in total. The molecule has 106 valence electrons. The van der Waals surface area contributed by atoms with Gasteiger partial charge in [0.25, 0.3) is 5.91 Å². The van der Waals surface area contributed by atoms with Gasteiger partial charge in [0, 0.05) is 10.9 Å². The Labute approximate surface area is 128 Å². The molecule has 1 aliphatic rings. The van der Waals surface area contributed by atoms with E-state index in [0.29, 0.717) is 5.56 Å². The zero-order chi connectivity index (χ0) is 14.4. The molecule has 1 aromatic carbocycles. The lowest BCUT2D eigenvalue weighted by Crippen LogP contribution is -2.47. The highest BCUT2D eigenvalue weighted by Crippen LogP contribution is 2.27. The number of carbonyl (C=O) groups excluding carboxylic acids is 1. The van der Waals surface area contributed by atoms with Crippen molar-refractivity contribution < 1.29 is 4.79 Å². The number of alkyl halides is 1. The molecule has 1 aromatic rings. The molecule has 1 fully saturated rings. The van der Waals surface area contributed by atoms with Crippen LogP contribution in [-0.2, 0) is 5.33 Å². The van der Waals surface area contributed by atoms with Crippen LogP contribution in [0.5, 0.6) is 0 Å². The second-order valence-electron chi connectivity index (χ2n) is 5.39. The maximum Gasteiger partial charge on any atom is 0.252 e. The van der Waals surface area contributed by atoms with Gasteiger partial charge in [0.05, 0.1) is 6.07 Å². The van der Waals surface area contributed by atoms with Crippen LogP contribution in [0.1, 0.15) is 54.4 Å². The van der Waals surface area contributed by atoms with E-state index < -0.39 is 5.54 Å². The molecule has 0 bridgehead atoms. The highest BCUT2D eigenvalue weighted by molar-refractivity contribution is 9.08. The summed E-state index contributed by atoms with van der Waals surface area (Å²) in [6, 6.07) is 9.82. The highest BCUT2D eigenvalue weighted by atomic mass is 79.9. The van der Waals surface area contributed by atoms with E-state index >= 15 is 0 Å². The number of rotatable bonds is 3. The van der Waals surface area contributed by atoms with Gasteiger partial charge in [-0.3, -0.25) is 4.79 Å². The summed E-state index contributed by atoms with van der Waals surface area (Å²) in [6.45, 7) is 0. The second kappa shape index (κ2) is 6.90. The molecule has 1 amide bonds. The van der Waals surface area contributed by atoms with Crippen molar-refractivity contribution in [2.75, 3.05) is 0 Å². The lowest BCUT2D eigenvalue weighted by molar-refractivity contribution is 0.0913. The van der Waals surface area contributed by atoms with Crippen molar-refractivity contribution in [3.63, 3.8) is 0 Å². The summed E-state index contributed by atoms with van der Waals surface area (Å²) >= 11 is 3.38. The lowest BCUT2D eigenvalue weighted by atomic mass is 9.91. The first-order valence-electron chi connectivity index (χ1n) is 7.08. The molecule has 1 saturated carbocycles. The van der Waals surface area contributed by atoms with E-state index in [0.717, 1.165) is 49.4 Å². The van der Waals surface area contributed by atoms with E-state index in [2.05, 4.69) is 27.3 Å².